The van der Waals surface area contributed by atoms with E-state index in [-0.39, 0.29) is 5.82 Å². The van der Waals surface area contributed by atoms with Crippen LogP contribution in [0, 0.1) is 5.82 Å². The molecule has 0 bridgehead atoms. The van der Waals surface area contributed by atoms with E-state index in [9.17, 15) is 4.39 Å². The zero-order valence-corrected chi connectivity index (χ0v) is 14.5. The highest BCUT2D eigenvalue weighted by Crippen LogP contribution is 2.15. The van der Waals surface area contributed by atoms with Crippen molar-refractivity contribution in [2.24, 2.45) is 4.99 Å². The van der Waals surface area contributed by atoms with Crippen molar-refractivity contribution in [3.8, 4) is 5.75 Å². The van der Waals surface area contributed by atoms with Crippen molar-refractivity contribution in [2.45, 2.75) is 20.5 Å². The lowest BCUT2D eigenvalue weighted by Gasteiger charge is -2.06. The van der Waals surface area contributed by atoms with Gasteiger partial charge in [-0.15, -0.1) is 0 Å². The van der Waals surface area contributed by atoms with E-state index in [0.717, 1.165) is 22.6 Å². The van der Waals surface area contributed by atoms with Crippen LogP contribution in [0.3, 0.4) is 0 Å². The Morgan fingerprint density at radius 3 is 2.12 bits per heavy atom. The van der Waals surface area contributed by atoms with Crippen LogP contribution in [0.2, 0.25) is 0 Å². The van der Waals surface area contributed by atoms with Gasteiger partial charge >= 0.3 is 0 Å². The normalized spacial score (nSPS) is 10.2. The first kappa shape index (κ1) is 18.4. The van der Waals surface area contributed by atoms with Crippen molar-refractivity contribution in [1.82, 2.24) is 0 Å². The highest BCUT2D eigenvalue weighted by Gasteiger charge is 1.96. The second-order valence-electron chi connectivity index (χ2n) is 5.08. The Bertz CT molecular complexity index is 765. The minimum atomic E-state index is -0.260. The Morgan fingerprint density at radius 2 is 1.48 bits per heavy atom. The molecule has 128 valence electrons. The Kier molecular flexibility index (Phi) is 7.39. The first-order chi connectivity index (χ1) is 12.3. The molecular weight excluding hydrogens is 313 g/mol. The fourth-order valence-electron chi connectivity index (χ4n) is 2.07. The first-order valence-corrected chi connectivity index (χ1v) is 8.36. The van der Waals surface area contributed by atoms with E-state index in [1.165, 1.54) is 12.1 Å². The van der Waals surface area contributed by atoms with Crippen molar-refractivity contribution >= 4 is 11.9 Å². The maximum absolute atomic E-state index is 12.8. The summed E-state index contributed by atoms with van der Waals surface area (Å²) >= 11 is 0. The average Bonchev–Trinajstić information content (AvgIpc) is 2.69. The monoisotopic (exact) mass is 335 g/mol. The number of halogens is 1. The van der Waals surface area contributed by atoms with Gasteiger partial charge in [0.05, 0.1) is 5.69 Å². The molecule has 0 unspecified atom stereocenters. The van der Waals surface area contributed by atoms with Gasteiger partial charge in [0.2, 0.25) is 0 Å². The third-order valence-electron chi connectivity index (χ3n) is 3.32. The molecule has 0 fully saturated rings. The molecule has 3 rings (SSSR count). The predicted octanol–water partition coefficient (Wildman–Crippen LogP) is 6.18. The van der Waals surface area contributed by atoms with E-state index in [1.807, 2.05) is 68.4 Å². The maximum Gasteiger partial charge on any atom is 0.123 e. The number of benzene rings is 3. The number of rotatable bonds is 5. The lowest BCUT2D eigenvalue weighted by atomic mass is 10.2. The molecule has 0 radical (unpaired) electrons. The zero-order chi connectivity index (χ0) is 17.9. The summed E-state index contributed by atoms with van der Waals surface area (Å²) < 4.78 is 18.6. The van der Waals surface area contributed by atoms with Crippen LogP contribution < -0.4 is 4.74 Å². The second-order valence-corrected chi connectivity index (χ2v) is 5.08. The van der Waals surface area contributed by atoms with Crippen molar-refractivity contribution < 1.29 is 9.13 Å². The Labute approximate surface area is 148 Å². The Hall–Kier alpha value is -2.94. The molecule has 25 heavy (non-hydrogen) atoms. The van der Waals surface area contributed by atoms with E-state index in [4.69, 9.17) is 4.74 Å². The van der Waals surface area contributed by atoms with E-state index in [2.05, 4.69) is 4.99 Å². The van der Waals surface area contributed by atoms with Crippen LogP contribution in [0.1, 0.15) is 25.0 Å². The number of ether oxygens (including phenoxy) is 1. The highest BCUT2D eigenvalue weighted by molar-refractivity contribution is 5.82. The maximum atomic E-state index is 12.8. The van der Waals surface area contributed by atoms with Crippen LogP contribution in [0.25, 0.3) is 0 Å². The molecule has 0 spiro atoms. The summed E-state index contributed by atoms with van der Waals surface area (Å²) in [7, 11) is 0. The summed E-state index contributed by atoms with van der Waals surface area (Å²) in [4.78, 5) is 4.31. The summed E-state index contributed by atoms with van der Waals surface area (Å²) in [6.45, 7) is 4.55. The third-order valence-corrected chi connectivity index (χ3v) is 3.32. The fraction of sp³-hybridized carbons (Fsp3) is 0.136. The largest absolute Gasteiger partial charge is 0.489 e. The average molecular weight is 335 g/mol. The molecule has 0 aliphatic carbocycles. The molecule has 0 aromatic heterocycles. The van der Waals surface area contributed by atoms with E-state index < -0.39 is 0 Å². The lowest BCUT2D eigenvalue weighted by molar-refractivity contribution is 0.306. The summed E-state index contributed by atoms with van der Waals surface area (Å²) in [5, 5.41) is 0. The molecular formula is C22H22FNO. The van der Waals surface area contributed by atoms with Gasteiger partial charge in [-0.1, -0.05) is 44.2 Å². The molecule has 0 N–H and O–H groups in total. The minimum Gasteiger partial charge on any atom is -0.489 e. The molecule has 0 heterocycles. The molecule has 0 amide bonds. The van der Waals surface area contributed by atoms with Crippen molar-refractivity contribution in [3.05, 3.63) is 95.8 Å². The van der Waals surface area contributed by atoms with Gasteiger partial charge in [0.15, 0.2) is 0 Å². The van der Waals surface area contributed by atoms with Gasteiger partial charge in [0.25, 0.3) is 0 Å². The van der Waals surface area contributed by atoms with Crippen LogP contribution in [-0.4, -0.2) is 6.21 Å². The van der Waals surface area contributed by atoms with Crippen LogP contribution in [0.15, 0.2) is 83.9 Å². The van der Waals surface area contributed by atoms with Crippen LogP contribution in [-0.2, 0) is 6.61 Å². The number of hydrogen-bond donors (Lipinski definition) is 0. The molecule has 3 heteroatoms. The smallest absolute Gasteiger partial charge is 0.123 e. The van der Waals surface area contributed by atoms with E-state index in [1.54, 1.807) is 18.3 Å². The third kappa shape index (κ3) is 6.22. The van der Waals surface area contributed by atoms with Gasteiger partial charge < -0.3 is 4.74 Å². The number of nitrogens with zero attached hydrogens (tertiary/aromatic N) is 1. The van der Waals surface area contributed by atoms with E-state index >= 15 is 0 Å². The summed E-state index contributed by atoms with van der Waals surface area (Å²) in [6.07, 6.45) is 1.74. The second kappa shape index (κ2) is 10.0. The fourth-order valence-corrected chi connectivity index (χ4v) is 2.07. The molecule has 0 aliphatic heterocycles. The molecule has 3 aromatic carbocycles. The molecule has 3 aromatic rings. The van der Waals surface area contributed by atoms with Crippen LogP contribution in [0.4, 0.5) is 10.1 Å². The predicted molar refractivity (Wildman–Crippen MR) is 102 cm³/mol. The molecule has 0 saturated carbocycles. The SMILES string of the molecule is CC.Fc1ccc(N=Cc2ccc(OCc3ccccc3)cc2)cc1. The summed E-state index contributed by atoms with van der Waals surface area (Å²) in [5.41, 5.74) is 2.81. The van der Waals surface area contributed by atoms with Crippen molar-refractivity contribution in [3.63, 3.8) is 0 Å². The van der Waals surface area contributed by atoms with Gasteiger partial charge in [-0.25, -0.2) is 4.39 Å². The quantitative estimate of drug-likeness (QED) is 0.510. The lowest BCUT2D eigenvalue weighted by Crippen LogP contribution is -1.94. The molecule has 0 atom stereocenters. The van der Waals surface area contributed by atoms with E-state index in [0.29, 0.717) is 6.61 Å². The Balaban J connectivity index is 0.00000109. The van der Waals surface area contributed by atoms with Crippen molar-refractivity contribution in [1.29, 1.82) is 0 Å². The van der Waals surface area contributed by atoms with Gasteiger partial charge in [-0.3, -0.25) is 4.99 Å². The molecule has 0 saturated heterocycles. The summed E-state index contributed by atoms with van der Waals surface area (Å²) in [5.74, 6) is 0.552. The van der Waals surface area contributed by atoms with Crippen molar-refractivity contribution in [2.75, 3.05) is 0 Å². The standard InChI is InChI=1S/C20H16FNO.C2H6/c21-18-8-10-19(11-9-18)22-14-16-6-12-20(13-7-16)23-15-17-4-2-1-3-5-17;1-2/h1-14H,15H2;1-2H3. The van der Waals surface area contributed by atoms with Crippen LogP contribution in [0.5, 0.6) is 5.75 Å². The molecule has 2 nitrogen and oxygen atoms in total. The van der Waals surface area contributed by atoms with Gasteiger partial charge in [0.1, 0.15) is 18.2 Å². The zero-order valence-electron chi connectivity index (χ0n) is 14.5. The molecule has 0 aliphatic rings. The summed E-state index contributed by atoms with van der Waals surface area (Å²) in [6, 6.07) is 23.8. The topological polar surface area (TPSA) is 21.6 Å². The van der Waals surface area contributed by atoms with Gasteiger partial charge in [-0.2, -0.15) is 0 Å². The van der Waals surface area contributed by atoms with Crippen LogP contribution >= 0.6 is 0 Å². The van der Waals surface area contributed by atoms with Gasteiger partial charge in [0, 0.05) is 6.21 Å². The first-order valence-electron chi connectivity index (χ1n) is 8.36. The Morgan fingerprint density at radius 1 is 0.840 bits per heavy atom. The number of hydrogen-bond acceptors (Lipinski definition) is 2. The highest BCUT2D eigenvalue weighted by atomic mass is 19.1. The minimum absolute atomic E-state index is 0.260. The van der Waals surface area contributed by atoms with Gasteiger partial charge in [-0.05, 0) is 59.7 Å². The number of aliphatic imine (C=N–C) groups is 1.